The summed E-state index contributed by atoms with van der Waals surface area (Å²) in [5, 5.41) is 0. The molecule has 0 bridgehead atoms. The molecule has 106 valence electrons. The molecule has 3 nitrogen and oxygen atoms in total. The first-order valence-corrected chi connectivity index (χ1v) is 7.70. The predicted molar refractivity (Wildman–Crippen MR) is 83.4 cm³/mol. The highest BCUT2D eigenvalue weighted by Gasteiger charge is 2.32. The first-order chi connectivity index (χ1) is 9.17. The minimum atomic E-state index is 0.551. The topological polar surface area (TPSA) is 38.5 Å². The van der Waals surface area contributed by atoms with Gasteiger partial charge in [0.05, 0.1) is 6.61 Å². The standard InChI is InChI=1S/C15H23BrN2O/c1-11(12-3-4-12)18(7-8-19-2)15-9-14(16)6-5-13(15)10-17/h5-6,9,11-12H,3-4,7-8,10,17H2,1-2H3. The van der Waals surface area contributed by atoms with Gasteiger partial charge in [-0.15, -0.1) is 0 Å². The van der Waals surface area contributed by atoms with Gasteiger partial charge in [-0.05, 0) is 43.4 Å². The molecule has 4 heteroatoms. The molecule has 0 radical (unpaired) electrons. The van der Waals surface area contributed by atoms with Gasteiger partial charge in [0.25, 0.3) is 0 Å². The van der Waals surface area contributed by atoms with Crippen molar-refractivity contribution in [2.75, 3.05) is 25.2 Å². The summed E-state index contributed by atoms with van der Waals surface area (Å²) < 4.78 is 6.37. The van der Waals surface area contributed by atoms with Crippen molar-refractivity contribution < 1.29 is 4.74 Å². The molecule has 1 aliphatic rings. The Bertz CT molecular complexity index is 421. The SMILES string of the molecule is COCCN(c1cc(Br)ccc1CN)C(C)C1CC1. The maximum absolute atomic E-state index is 5.89. The van der Waals surface area contributed by atoms with Gasteiger partial charge in [-0.25, -0.2) is 0 Å². The lowest BCUT2D eigenvalue weighted by molar-refractivity contribution is 0.202. The van der Waals surface area contributed by atoms with Crippen molar-refractivity contribution in [3.63, 3.8) is 0 Å². The first kappa shape index (κ1) is 14.8. The molecule has 0 heterocycles. The molecule has 1 saturated carbocycles. The van der Waals surface area contributed by atoms with E-state index in [4.69, 9.17) is 10.5 Å². The molecule has 2 N–H and O–H groups in total. The zero-order valence-corrected chi connectivity index (χ0v) is 13.3. The van der Waals surface area contributed by atoms with Crippen LogP contribution in [0.5, 0.6) is 0 Å². The van der Waals surface area contributed by atoms with Crippen LogP contribution < -0.4 is 10.6 Å². The Hall–Kier alpha value is -0.580. The van der Waals surface area contributed by atoms with E-state index in [1.165, 1.54) is 24.1 Å². The van der Waals surface area contributed by atoms with Crippen molar-refractivity contribution in [3.8, 4) is 0 Å². The summed E-state index contributed by atoms with van der Waals surface area (Å²) in [6.45, 7) is 4.54. The molecule has 1 fully saturated rings. The van der Waals surface area contributed by atoms with Crippen molar-refractivity contribution in [1.82, 2.24) is 0 Å². The highest BCUT2D eigenvalue weighted by atomic mass is 79.9. The minimum Gasteiger partial charge on any atom is -0.383 e. The molecular formula is C15H23BrN2O. The number of nitrogens with zero attached hydrogens (tertiary/aromatic N) is 1. The molecule has 0 spiro atoms. The van der Waals surface area contributed by atoms with Crippen molar-refractivity contribution in [2.24, 2.45) is 11.7 Å². The smallest absolute Gasteiger partial charge is 0.0637 e. The summed E-state index contributed by atoms with van der Waals surface area (Å²) in [7, 11) is 1.75. The second-order valence-corrected chi connectivity index (χ2v) is 6.16. The summed E-state index contributed by atoms with van der Waals surface area (Å²) in [5.41, 5.74) is 8.33. The lowest BCUT2D eigenvalue weighted by Gasteiger charge is -2.33. The van der Waals surface area contributed by atoms with Crippen molar-refractivity contribution in [1.29, 1.82) is 0 Å². The van der Waals surface area contributed by atoms with Gasteiger partial charge in [0, 0.05) is 36.4 Å². The number of benzene rings is 1. The summed E-state index contributed by atoms with van der Waals surface area (Å²) in [6.07, 6.45) is 2.69. The van der Waals surface area contributed by atoms with Gasteiger partial charge < -0.3 is 15.4 Å². The Kier molecular flexibility index (Phi) is 5.25. The number of nitrogens with two attached hydrogens (primary N) is 1. The van der Waals surface area contributed by atoms with E-state index in [0.717, 1.165) is 23.5 Å². The Labute approximate surface area is 124 Å². The molecule has 1 unspecified atom stereocenters. The fraction of sp³-hybridized carbons (Fsp3) is 0.600. The zero-order chi connectivity index (χ0) is 13.8. The van der Waals surface area contributed by atoms with Crippen LogP contribution in [0.25, 0.3) is 0 Å². The predicted octanol–water partition coefficient (Wildman–Crippen LogP) is 3.16. The fourth-order valence-electron chi connectivity index (χ4n) is 2.54. The molecule has 0 amide bonds. The number of rotatable bonds is 7. The molecule has 2 rings (SSSR count). The number of anilines is 1. The Morgan fingerprint density at radius 1 is 1.47 bits per heavy atom. The maximum Gasteiger partial charge on any atom is 0.0637 e. The Morgan fingerprint density at radius 3 is 2.79 bits per heavy atom. The van der Waals surface area contributed by atoms with Gasteiger partial charge in [-0.3, -0.25) is 0 Å². The molecule has 0 saturated heterocycles. The summed E-state index contributed by atoms with van der Waals surface area (Å²) in [6, 6.07) is 6.90. The van der Waals surface area contributed by atoms with Gasteiger partial charge in [-0.1, -0.05) is 22.0 Å². The minimum absolute atomic E-state index is 0.551. The van der Waals surface area contributed by atoms with Gasteiger partial charge in [0.15, 0.2) is 0 Å². The fourth-order valence-corrected chi connectivity index (χ4v) is 2.89. The number of hydrogen-bond donors (Lipinski definition) is 1. The lowest BCUT2D eigenvalue weighted by Crippen LogP contribution is -2.38. The number of halogens is 1. The van der Waals surface area contributed by atoms with E-state index in [-0.39, 0.29) is 0 Å². The van der Waals surface area contributed by atoms with Crippen LogP contribution in [0, 0.1) is 5.92 Å². The lowest BCUT2D eigenvalue weighted by atomic mass is 10.1. The van der Waals surface area contributed by atoms with Crippen LogP contribution in [-0.4, -0.2) is 26.3 Å². The van der Waals surface area contributed by atoms with Crippen LogP contribution in [0.15, 0.2) is 22.7 Å². The molecule has 19 heavy (non-hydrogen) atoms. The van der Waals surface area contributed by atoms with E-state index in [0.29, 0.717) is 12.6 Å². The van der Waals surface area contributed by atoms with E-state index in [1.807, 2.05) is 0 Å². The van der Waals surface area contributed by atoms with E-state index < -0.39 is 0 Å². The van der Waals surface area contributed by atoms with Crippen molar-refractivity contribution in [2.45, 2.75) is 32.4 Å². The second kappa shape index (κ2) is 6.73. The van der Waals surface area contributed by atoms with Crippen molar-refractivity contribution >= 4 is 21.6 Å². The normalized spacial score (nSPS) is 16.4. The van der Waals surface area contributed by atoms with Crippen LogP contribution in [0.4, 0.5) is 5.69 Å². The highest BCUT2D eigenvalue weighted by molar-refractivity contribution is 9.10. The molecule has 1 aliphatic carbocycles. The van der Waals surface area contributed by atoms with Crippen LogP contribution in [0.3, 0.4) is 0 Å². The zero-order valence-electron chi connectivity index (χ0n) is 11.7. The van der Waals surface area contributed by atoms with Crippen molar-refractivity contribution in [3.05, 3.63) is 28.2 Å². The molecule has 0 aromatic heterocycles. The molecule has 1 aromatic carbocycles. The van der Waals surface area contributed by atoms with Crippen LogP contribution in [-0.2, 0) is 11.3 Å². The molecular weight excluding hydrogens is 304 g/mol. The highest BCUT2D eigenvalue weighted by Crippen LogP contribution is 2.38. The summed E-state index contributed by atoms with van der Waals surface area (Å²) >= 11 is 3.57. The van der Waals surface area contributed by atoms with Gasteiger partial charge in [-0.2, -0.15) is 0 Å². The maximum atomic E-state index is 5.89. The molecule has 1 atom stereocenters. The third-order valence-electron chi connectivity index (χ3n) is 3.91. The summed E-state index contributed by atoms with van der Waals surface area (Å²) in [4.78, 5) is 2.45. The van der Waals surface area contributed by atoms with Gasteiger partial charge in [0.2, 0.25) is 0 Å². The van der Waals surface area contributed by atoms with E-state index in [1.54, 1.807) is 7.11 Å². The third-order valence-corrected chi connectivity index (χ3v) is 4.40. The van der Waals surface area contributed by atoms with Gasteiger partial charge >= 0.3 is 0 Å². The average Bonchev–Trinajstić information content (AvgIpc) is 3.23. The summed E-state index contributed by atoms with van der Waals surface area (Å²) in [5.74, 6) is 0.821. The quantitative estimate of drug-likeness (QED) is 0.836. The monoisotopic (exact) mass is 326 g/mol. The Balaban J connectivity index is 2.27. The number of methoxy groups -OCH3 is 1. The van der Waals surface area contributed by atoms with Crippen LogP contribution in [0.1, 0.15) is 25.3 Å². The molecule has 0 aliphatic heterocycles. The van der Waals surface area contributed by atoms with Crippen LogP contribution >= 0.6 is 15.9 Å². The molecule has 1 aromatic rings. The first-order valence-electron chi connectivity index (χ1n) is 6.91. The number of hydrogen-bond acceptors (Lipinski definition) is 3. The van der Waals surface area contributed by atoms with Crippen LogP contribution in [0.2, 0.25) is 0 Å². The largest absolute Gasteiger partial charge is 0.383 e. The van der Waals surface area contributed by atoms with Gasteiger partial charge in [0.1, 0.15) is 0 Å². The Morgan fingerprint density at radius 2 is 2.21 bits per heavy atom. The van der Waals surface area contributed by atoms with E-state index in [2.05, 4.69) is 46.0 Å². The second-order valence-electron chi connectivity index (χ2n) is 5.24. The van der Waals surface area contributed by atoms with E-state index in [9.17, 15) is 0 Å². The van der Waals surface area contributed by atoms with E-state index >= 15 is 0 Å². The third kappa shape index (κ3) is 3.71. The number of ether oxygens (including phenoxy) is 1. The average molecular weight is 327 g/mol.